The average Bonchev–Trinajstić information content (AvgIpc) is 2.36. The third-order valence-electron chi connectivity index (χ3n) is 4.08. The molecule has 3 heteroatoms. The number of hydrogen-bond donors (Lipinski definition) is 1. The van der Waals surface area contributed by atoms with Crippen molar-refractivity contribution in [3.63, 3.8) is 0 Å². The Balaban J connectivity index is 2.23. The van der Waals surface area contributed by atoms with Crippen LogP contribution in [0, 0.1) is 5.41 Å². The summed E-state index contributed by atoms with van der Waals surface area (Å²) in [4.78, 5) is 0. The predicted molar refractivity (Wildman–Crippen MR) is 79.6 cm³/mol. The van der Waals surface area contributed by atoms with Crippen LogP contribution in [0.15, 0.2) is 18.2 Å². The molecule has 1 N–H and O–H groups in total. The van der Waals surface area contributed by atoms with Gasteiger partial charge in [-0.15, -0.1) is 0 Å². The molecule has 0 aliphatic heterocycles. The van der Waals surface area contributed by atoms with Gasteiger partial charge in [0.1, 0.15) is 0 Å². The van der Waals surface area contributed by atoms with Crippen molar-refractivity contribution in [2.45, 2.75) is 38.5 Å². The average molecular weight is 286 g/mol. The van der Waals surface area contributed by atoms with Crippen LogP contribution < -0.4 is 5.32 Å². The van der Waals surface area contributed by atoms with Crippen LogP contribution in [0.3, 0.4) is 0 Å². The Morgan fingerprint density at radius 3 is 2.28 bits per heavy atom. The van der Waals surface area contributed by atoms with Crippen LogP contribution >= 0.6 is 23.2 Å². The summed E-state index contributed by atoms with van der Waals surface area (Å²) < 4.78 is 0. The second-order valence-corrected chi connectivity index (χ2v) is 6.28. The number of benzene rings is 1. The lowest BCUT2D eigenvalue weighted by Gasteiger charge is -2.38. The lowest BCUT2D eigenvalue weighted by Crippen LogP contribution is -2.36. The molecule has 0 unspecified atom stereocenters. The van der Waals surface area contributed by atoms with Crippen molar-refractivity contribution in [1.29, 1.82) is 0 Å². The summed E-state index contributed by atoms with van der Waals surface area (Å²) in [5.41, 5.74) is 1.46. The molecule has 0 atom stereocenters. The van der Waals surface area contributed by atoms with E-state index in [2.05, 4.69) is 5.32 Å². The lowest BCUT2D eigenvalue weighted by atomic mass is 9.70. The van der Waals surface area contributed by atoms with Crippen LogP contribution in [0.1, 0.15) is 37.7 Å². The fraction of sp³-hybridized carbons (Fsp3) is 0.600. The summed E-state index contributed by atoms with van der Waals surface area (Å²) in [6.45, 7) is 1.05. The van der Waals surface area contributed by atoms with E-state index in [4.69, 9.17) is 23.2 Å². The zero-order valence-electron chi connectivity index (χ0n) is 10.9. The molecule has 1 aliphatic carbocycles. The van der Waals surface area contributed by atoms with Crippen LogP contribution in [0.2, 0.25) is 10.0 Å². The van der Waals surface area contributed by atoms with E-state index < -0.39 is 0 Å². The van der Waals surface area contributed by atoms with Crippen molar-refractivity contribution in [1.82, 2.24) is 5.32 Å². The summed E-state index contributed by atoms with van der Waals surface area (Å²) in [6, 6.07) is 5.80. The van der Waals surface area contributed by atoms with Crippen molar-refractivity contribution in [3.8, 4) is 0 Å². The van der Waals surface area contributed by atoms with E-state index >= 15 is 0 Å². The van der Waals surface area contributed by atoms with Gasteiger partial charge in [0.2, 0.25) is 0 Å². The van der Waals surface area contributed by atoms with Crippen LogP contribution in [0.25, 0.3) is 0 Å². The van der Waals surface area contributed by atoms with Gasteiger partial charge in [0.05, 0.1) is 0 Å². The molecule has 1 saturated carbocycles. The Bertz CT molecular complexity index is 372. The highest BCUT2D eigenvalue weighted by atomic mass is 35.5. The third-order valence-corrected chi connectivity index (χ3v) is 4.79. The largest absolute Gasteiger partial charge is 0.319 e. The van der Waals surface area contributed by atoms with Crippen molar-refractivity contribution in [3.05, 3.63) is 33.8 Å². The van der Waals surface area contributed by atoms with Crippen LogP contribution in [-0.2, 0) is 6.42 Å². The molecule has 1 aromatic rings. The maximum absolute atomic E-state index is 6.31. The Morgan fingerprint density at radius 2 is 1.72 bits per heavy atom. The van der Waals surface area contributed by atoms with Crippen molar-refractivity contribution in [2.75, 3.05) is 13.6 Å². The fourth-order valence-corrected chi connectivity index (χ4v) is 3.70. The molecule has 0 aromatic heterocycles. The summed E-state index contributed by atoms with van der Waals surface area (Å²) in [5, 5.41) is 4.97. The summed E-state index contributed by atoms with van der Waals surface area (Å²) in [7, 11) is 2.03. The van der Waals surface area contributed by atoms with Crippen LogP contribution in [0.4, 0.5) is 0 Å². The van der Waals surface area contributed by atoms with Gasteiger partial charge in [0.15, 0.2) is 0 Å². The molecular formula is C15H21Cl2N. The quantitative estimate of drug-likeness (QED) is 0.845. The second-order valence-electron chi connectivity index (χ2n) is 5.47. The highest BCUT2D eigenvalue weighted by Crippen LogP contribution is 2.41. The molecule has 1 nitrogen and oxygen atoms in total. The van der Waals surface area contributed by atoms with E-state index in [1.165, 1.54) is 32.1 Å². The number of halogens is 2. The van der Waals surface area contributed by atoms with Gasteiger partial charge in [-0.05, 0) is 49.4 Å². The first kappa shape index (κ1) is 14.2. The molecule has 0 spiro atoms. The third kappa shape index (κ3) is 3.20. The minimum atomic E-state index is 0.335. The fourth-order valence-electron chi connectivity index (χ4n) is 3.17. The lowest BCUT2D eigenvalue weighted by molar-refractivity contribution is 0.185. The molecule has 18 heavy (non-hydrogen) atoms. The molecule has 1 aromatic carbocycles. The van der Waals surface area contributed by atoms with Gasteiger partial charge in [-0.1, -0.05) is 48.5 Å². The van der Waals surface area contributed by atoms with Crippen molar-refractivity contribution < 1.29 is 0 Å². The number of rotatable bonds is 4. The van der Waals surface area contributed by atoms with E-state index in [1.54, 1.807) is 0 Å². The number of nitrogens with one attached hydrogen (secondary N) is 1. The van der Waals surface area contributed by atoms with Gasteiger partial charge in [-0.2, -0.15) is 0 Å². The summed E-state index contributed by atoms with van der Waals surface area (Å²) in [5.74, 6) is 0. The Kier molecular flexibility index (Phi) is 4.94. The van der Waals surface area contributed by atoms with E-state index in [0.29, 0.717) is 5.41 Å². The maximum atomic E-state index is 6.31. The normalized spacial score (nSPS) is 18.8. The minimum absolute atomic E-state index is 0.335. The van der Waals surface area contributed by atoms with Gasteiger partial charge in [-0.3, -0.25) is 0 Å². The second kappa shape index (κ2) is 6.27. The monoisotopic (exact) mass is 285 g/mol. The number of hydrogen-bond acceptors (Lipinski definition) is 1. The summed E-state index contributed by atoms with van der Waals surface area (Å²) >= 11 is 12.6. The van der Waals surface area contributed by atoms with Gasteiger partial charge in [0, 0.05) is 16.6 Å². The molecule has 1 fully saturated rings. The topological polar surface area (TPSA) is 12.0 Å². The highest BCUT2D eigenvalue weighted by molar-refractivity contribution is 6.36. The van der Waals surface area contributed by atoms with Gasteiger partial charge < -0.3 is 5.32 Å². The predicted octanol–water partition coefficient (Wildman–Crippen LogP) is 4.71. The Hall–Kier alpha value is -0.240. The van der Waals surface area contributed by atoms with Crippen LogP contribution in [0.5, 0.6) is 0 Å². The van der Waals surface area contributed by atoms with Crippen molar-refractivity contribution in [2.24, 2.45) is 5.41 Å². The molecule has 0 heterocycles. The summed E-state index contributed by atoms with van der Waals surface area (Å²) in [6.07, 6.45) is 7.55. The first-order chi connectivity index (χ1) is 8.67. The molecule has 2 rings (SSSR count). The molecule has 0 amide bonds. The molecular weight excluding hydrogens is 265 g/mol. The molecule has 0 saturated heterocycles. The van der Waals surface area contributed by atoms with Crippen LogP contribution in [-0.4, -0.2) is 13.6 Å². The van der Waals surface area contributed by atoms with E-state index in [1.807, 2.05) is 25.2 Å². The maximum Gasteiger partial charge on any atom is 0.0453 e. The molecule has 0 radical (unpaired) electrons. The van der Waals surface area contributed by atoms with Gasteiger partial charge in [-0.25, -0.2) is 0 Å². The smallest absolute Gasteiger partial charge is 0.0453 e. The Morgan fingerprint density at radius 1 is 1.11 bits per heavy atom. The first-order valence-electron chi connectivity index (χ1n) is 6.74. The SMILES string of the molecule is CNCC1(Cc2c(Cl)cccc2Cl)CCCCC1. The Labute approximate surface area is 120 Å². The first-order valence-corrected chi connectivity index (χ1v) is 7.50. The van der Waals surface area contributed by atoms with E-state index in [0.717, 1.165) is 28.6 Å². The molecule has 0 bridgehead atoms. The minimum Gasteiger partial charge on any atom is -0.319 e. The van der Waals surface area contributed by atoms with E-state index in [9.17, 15) is 0 Å². The van der Waals surface area contributed by atoms with Gasteiger partial charge >= 0.3 is 0 Å². The zero-order valence-corrected chi connectivity index (χ0v) is 12.4. The molecule has 100 valence electrons. The van der Waals surface area contributed by atoms with E-state index in [-0.39, 0.29) is 0 Å². The van der Waals surface area contributed by atoms with Crippen molar-refractivity contribution >= 4 is 23.2 Å². The zero-order chi connectivity index (χ0) is 13.0. The standard InChI is InChI=1S/C15H21Cl2N/c1-18-11-15(8-3-2-4-9-15)10-12-13(16)6-5-7-14(12)17/h5-7,18H,2-4,8-11H2,1H3. The highest BCUT2D eigenvalue weighted by Gasteiger charge is 2.32. The van der Waals surface area contributed by atoms with Gasteiger partial charge in [0.25, 0.3) is 0 Å². The molecule has 1 aliphatic rings.